The molecule has 0 saturated heterocycles. The van der Waals surface area contributed by atoms with Crippen LogP contribution < -0.4 is 5.73 Å². The number of hydrogen-bond acceptors (Lipinski definition) is 5. The van der Waals surface area contributed by atoms with E-state index in [-0.39, 0.29) is 5.82 Å². The number of β-amino-alcohol motifs (C(OH)–C–C–N with tert-alkyl or cyclic N) is 1. The molecule has 1 unspecified atom stereocenters. The summed E-state index contributed by atoms with van der Waals surface area (Å²) in [6.45, 7) is 4.42. The van der Waals surface area contributed by atoms with Crippen LogP contribution in [0.25, 0.3) is 11.3 Å². The van der Waals surface area contributed by atoms with E-state index in [2.05, 4.69) is 16.5 Å². The molecule has 0 radical (unpaired) electrons. The fraction of sp³-hybridized carbons (Fsp3) is 0.333. The normalized spacial score (nSPS) is 17.3. The van der Waals surface area contributed by atoms with Crippen molar-refractivity contribution in [1.29, 1.82) is 0 Å². The third-order valence-electron chi connectivity index (χ3n) is 5.94. The zero-order chi connectivity index (χ0) is 21.1. The van der Waals surface area contributed by atoms with E-state index in [0.717, 1.165) is 24.1 Å². The van der Waals surface area contributed by atoms with Crippen molar-refractivity contribution in [2.24, 2.45) is 0 Å². The lowest BCUT2D eigenvalue weighted by Gasteiger charge is -2.29. The van der Waals surface area contributed by atoms with Gasteiger partial charge >= 0.3 is 0 Å². The number of allylic oxidation sites excluding steroid dienone is 3. The maximum absolute atomic E-state index is 15.6. The summed E-state index contributed by atoms with van der Waals surface area (Å²) in [6, 6.07) is 3.81. The molecule has 0 amide bonds. The van der Waals surface area contributed by atoms with Crippen LogP contribution in [0.15, 0.2) is 61.2 Å². The van der Waals surface area contributed by atoms with Crippen LogP contribution in [-0.4, -0.2) is 32.6 Å². The van der Waals surface area contributed by atoms with E-state index >= 15 is 4.39 Å². The highest BCUT2D eigenvalue weighted by molar-refractivity contribution is 5.62. The summed E-state index contributed by atoms with van der Waals surface area (Å²) in [7, 11) is 0. The summed E-state index contributed by atoms with van der Waals surface area (Å²) in [5.74, 6) is 0.431. The van der Waals surface area contributed by atoms with E-state index in [4.69, 9.17) is 5.73 Å². The molecular weight excluding hydrogens is 379 g/mol. The number of rotatable bonds is 7. The summed E-state index contributed by atoms with van der Waals surface area (Å²) < 4.78 is 15.6. The van der Waals surface area contributed by atoms with Crippen molar-refractivity contribution in [1.82, 2.24) is 14.9 Å². The van der Waals surface area contributed by atoms with E-state index in [0.29, 0.717) is 47.9 Å². The summed E-state index contributed by atoms with van der Waals surface area (Å²) >= 11 is 0. The lowest BCUT2D eigenvalue weighted by atomic mass is 9.77. The number of nitrogens with two attached hydrogens (primary N) is 1. The van der Waals surface area contributed by atoms with Gasteiger partial charge in [0.05, 0.1) is 24.2 Å². The van der Waals surface area contributed by atoms with E-state index in [1.54, 1.807) is 6.07 Å². The van der Waals surface area contributed by atoms with Crippen LogP contribution in [0.4, 0.5) is 10.2 Å². The Hall–Kier alpha value is -2.99. The molecule has 1 fully saturated rings. The standard InChI is InChI=1S/C24H27FN4O/c1-16-5-2-3-12-29(16)15-18(30)8-9-20-19(17-6-4-7-17)10-11-21(24(20)25)22-13-28-23(26)14-27-22/h2-3,5,10-14,17-18,30H,1,4,6-9,15H2,(H2,26,28). The smallest absolute Gasteiger partial charge is 0.141 e. The number of nitrogen functional groups attached to an aromatic ring is 1. The number of hydrogen-bond donors (Lipinski definition) is 2. The summed E-state index contributed by atoms with van der Waals surface area (Å²) in [5.41, 5.74) is 9.08. The Kier molecular flexibility index (Phi) is 5.95. The number of nitrogens with zero attached hydrogens (tertiary/aromatic N) is 3. The Balaban J connectivity index is 1.54. The predicted molar refractivity (Wildman–Crippen MR) is 117 cm³/mol. The van der Waals surface area contributed by atoms with Crippen molar-refractivity contribution in [3.05, 3.63) is 78.2 Å². The second kappa shape index (κ2) is 8.79. The summed E-state index contributed by atoms with van der Waals surface area (Å²) in [4.78, 5) is 10.2. The molecule has 2 aliphatic rings. The summed E-state index contributed by atoms with van der Waals surface area (Å²) in [6.07, 6.45) is 14.2. The van der Waals surface area contributed by atoms with Gasteiger partial charge in [-0.15, -0.1) is 0 Å². The van der Waals surface area contributed by atoms with Gasteiger partial charge in [0.2, 0.25) is 0 Å². The van der Waals surface area contributed by atoms with Gasteiger partial charge in [-0.05, 0) is 60.9 Å². The maximum atomic E-state index is 15.6. The molecule has 156 valence electrons. The molecule has 4 rings (SSSR count). The Morgan fingerprint density at radius 3 is 2.73 bits per heavy atom. The first-order valence-electron chi connectivity index (χ1n) is 10.4. The van der Waals surface area contributed by atoms with Crippen LogP contribution in [0, 0.1) is 5.82 Å². The number of anilines is 1. The van der Waals surface area contributed by atoms with Crippen LogP contribution in [-0.2, 0) is 6.42 Å². The van der Waals surface area contributed by atoms with Gasteiger partial charge in [0.25, 0.3) is 0 Å². The summed E-state index contributed by atoms with van der Waals surface area (Å²) in [5, 5.41) is 10.6. The van der Waals surface area contributed by atoms with Crippen molar-refractivity contribution in [2.75, 3.05) is 12.3 Å². The Morgan fingerprint density at radius 1 is 1.23 bits per heavy atom. The lowest BCUT2D eigenvalue weighted by Crippen LogP contribution is -2.28. The second-order valence-corrected chi connectivity index (χ2v) is 7.99. The minimum atomic E-state index is -0.591. The van der Waals surface area contributed by atoms with Crippen LogP contribution in [0.3, 0.4) is 0 Å². The van der Waals surface area contributed by atoms with Gasteiger partial charge in [0.1, 0.15) is 11.6 Å². The Morgan fingerprint density at radius 2 is 2.07 bits per heavy atom. The van der Waals surface area contributed by atoms with Gasteiger partial charge in [-0.3, -0.25) is 4.98 Å². The second-order valence-electron chi connectivity index (χ2n) is 7.99. The van der Waals surface area contributed by atoms with Crippen molar-refractivity contribution in [3.63, 3.8) is 0 Å². The highest BCUT2D eigenvalue weighted by Crippen LogP contribution is 2.40. The highest BCUT2D eigenvalue weighted by atomic mass is 19.1. The quantitative estimate of drug-likeness (QED) is 0.716. The number of aromatic nitrogens is 2. The predicted octanol–water partition coefficient (Wildman–Crippen LogP) is 4.33. The molecule has 0 spiro atoms. The molecular formula is C24H27FN4O. The molecule has 2 heterocycles. The molecule has 1 aliphatic carbocycles. The van der Waals surface area contributed by atoms with Gasteiger partial charge < -0.3 is 15.7 Å². The molecule has 1 aliphatic heterocycles. The van der Waals surface area contributed by atoms with Crippen LogP contribution in [0.1, 0.15) is 42.7 Å². The van der Waals surface area contributed by atoms with E-state index in [9.17, 15) is 5.11 Å². The van der Waals surface area contributed by atoms with Gasteiger partial charge in [-0.2, -0.15) is 0 Å². The zero-order valence-electron chi connectivity index (χ0n) is 17.0. The molecule has 5 nitrogen and oxygen atoms in total. The van der Waals surface area contributed by atoms with Crippen molar-refractivity contribution >= 4 is 5.82 Å². The first kappa shape index (κ1) is 20.3. The SMILES string of the molecule is C=C1C=CC=CN1CC(O)CCc1c(C2CCC2)ccc(-c2cnc(N)cn2)c1F. The molecule has 1 atom stereocenters. The fourth-order valence-electron chi connectivity index (χ4n) is 3.99. The number of benzene rings is 1. The Labute approximate surface area is 176 Å². The van der Waals surface area contributed by atoms with Crippen molar-refractivity contribution in [3.8, 4) is 11.3 Å². The first-order chi connectivity index (χ1) is 14.5. The van der Waals surface area contributed by atoms with E-state index in [1.165, 1.54) is 18.8 Å². The van der Waals surface area contributed by atoms with E-state index in [1.807, 2.05) is 35.4 Å². The lowest BCUT2D eigenvalue weighted by molar-refractivity contribution is 0.137. The average molecular weight is 407 g/mol. The number of halogens is 1. The number of aliphatic hydroxyl groups is 1. The molecule has 1 saturated carbocycles. The minimum absolute atomic E-state index is 0.268. The minimum Gasteiger partial charge on any atom is -0.391 e. The van der Waals surface area contributed by atoms with E-state index < -0.39 is 6.10 Å². The van der Waals surface area contributed by atoms with Crippen molar-refractivity contribution < 1.29 is 9.50 Å². The van der Waals surface area contributed by atoms with Crippen LogP contribution in [0.5, 0.6) is 0 Å². The van der Waals surface area contributed by atoms with Crippen LogP contribution in [0.2, 0.25) is 0 Å². The van der Waals surface area contributed by atoms with Gasteiger partial charge in [-0.1, -0.05) is 25.1 Å². The molecule has 30 heavy (non-hydrogen) atoms. The van der Waals surface area contributed by atoms with Crippen LogP contribution >= 0.6 is 0 Å². The largest absolute Gasteiger partial charge is 0.391 e. The fourth-order valence-corrected chi connectivity index (χ4v) is 3.99. The molecule has 0 bridgehead atoms. The first-order valence-corrected chi connectivity index (χ1v) is 10.4. The topological polar surface area (TPSA) is 75.3 Å². The van der Waals surface area contributed by atoms with Gasteiger partial charge in [-0.25, -0.2) is 9.37 Å². The van der Waals surface area contributed by atoms with Gasteiger partial charge in [0, 0.05) is 24.0 Å². The molecule has 6 heteroatoms. The van der Waals surface area contributed by atoms with Crippen molar-refractivity contribution in [2.45, 2.75) is 44.1 Å². The Bertz CT molecular complexity index is 979. The molecule has 3 N–H and O–H groups in total. The molecule has 2 aromatic rings. The third-order valence-corrected chi connectivity index (χ3v) is 5.94. The molecule has 1 aromatic carbocycles. The zero-order valence-corrected chi connectivity index (χ0v) is 17.0. The number of aliphatic hydroxyl groups excluding tert-OH is 1. The van der Waals surface area contributed by atoms with Gasteiger partial charge in [0.15, 0.2) is 0 Å². The highest BCUT2D eigenvalue weighted by Gasteiger charge is 2.26. The molecule has 1 aromatic heterocycles. The maximum Gasteiger partial charge on any atom is 0.141 e. The monoisotopic (exact) mass is 406 g/mol. The third kappa shape index (κ3) is 4.28. The average Bonchev–Trinajstić information content (AvgIpc) is 2.69.